The summed E-state index contributed by atoms with van der Waals surface area (Å²) in [6.07, 6.45) is 3.66. The van der Waals surface area contributed by atoms with E-state index in [4.69, 9.17) is 5.73 Å². The fourth-order valence-corrected chi connectivity index (χ4v) is 3.06. The minimum atomic E-state index is 0.583. The summed E-state index contributed by atoms with van der Waals surface area (Å²) in [5, 5.41) is 1.07. The maximum atomic E-state index is 6.06. The lowest BCUT2D eigenvalue weighted by molar-refractivity contribution is 0.927. The van der Waals surface area contributed by atoms with Gasteiger partial charge in [-0.15, -0.1) is 0 Å². The van der Waals surface area contributed by atoms with E-state index in [0.717, 1.165) is 28.2 Å². The predicted octanol–water partition coefficient (Wildman–Crippen LogP) is 3.42. The van der Waals surface area contributed by atoms with Crippen molar-refractivity contribution < 1.29 is 0 Å². The third-order valence-corrected chi connectivity index (χ3v) is 4.23. The highest BCUT2D eigenvalue weighted by Crippen LogP contribution is 2.39. The van der Waals surface area contributed by atoms with Crippen molar-refractivity contribution in [3.05, 3.63) is 60.4 Å². The third kappa shape index (κ3) is 2.87. The molecular weight excluding hydrogens is 280 g/mol. The van der Waals surface area contributed by atoms with Gasteiger partial charge in [0.15, 0.2) is 0 Å². The van der Waals surface area contributed by atoms with Crippen LogP contribution in [-0.4, -0.2) is 16.4 Å². The molecule has 0 fully saturated rings. The first kappa shape index (κ1) is 13.6. The Morgan fingerprint density at radius 1 is 1.14 bits per heavy atom. The molecule has 0 radical (unpaired) electrons. The van der Waals surface area contributed by atoms with Crippen molar-refractivity contribution in [1.29, 1.82) is 0 Å². The second-order valence-electron chi connectivity index (χ2n) is 4.83. The smallest absolute Gasteiger partial charge is 0.147 e. The van der Waals surface area contributed by atoms with Crippen molar-refractivity contribution >= 4 is 22.4 Å². The lowest BCUT2D eigenvalue weighted by Crippen LogP contribution is -2.16. The Labute approximate surface area is 128 Å². The van der Waals surface area contributed by atoms with Crippen molar-refractivity contribution in [2.75, 3.05) is 17.7 Å². The number of nitrogens with zero attached hydrogens (tertiary/aromatic N) is 3. The van der Waals surface area contributed by atoms with E-state index in [2.05, 4.69) is 32.5 Å². The molecule has 3 aromatic rings. The quantitative estimate of drug-likeness (QED) is 0.801. The largest absolute Gasteiger partial charge is 0.382 e. The van der Waals surface area contributed by atoms with E-state index in [0.29, 0.717) is 5.82 Å². The molecule has 0 saturated carbocycles. The van der Waals surface area contributed by atoms with Gasteiger partial charge in [0.2, 0.25) is 0 Å². The summed E-state index contributed by atoms with van der Waals surface area (Å²) in [7, 11) is 2.05. The van der Waals surface area contributed by atoms with Crippen LogP contribution < -0.4 is 10.6 Å². The summed E-state index contributed by atoms with van der Waals surface area (Å²) in [4.78, 5) is 6.31. The Balaban J connectivity index is 1.93. The Bertz CT molecular complexity index is 710. The topological polar surface area (TPSA) is 55.0 Å². The van der Waals surface area contributed by atoms with Crippen molar-refractivity contribution in [1.82, 2.24) is 9.36 Å². The van der Waals surface area contributed by atoms with Crippen LogP contribution in [0.25, 0.3) is 11.1 Å². The summed E-state index contributed by atoms with van der Waals surface area (Å²) in [5.41, 5.74) is 9.32. The normalized spacial score (nSPS) is 10.5. The molecule has 5 heteroatoms. The Hall–Kier alpha value is -2.40. The zero-order valence-corrected chi connectivity index (χ0v) is 12.5. The van der Waals surface area contributed by atoms with Gasteiger partial charge in [0.1, 0.15) is 10.8 Å². The summed E-state index contributed by atoms with van der Waals surface area (Å²) in [5.74, 6) is 0.583. The molecule has 106 valence electrons. The Morgan fingerprint density at radius 3 is 2.67 bits per heavy atom. The lowest BCUT2D eigenvalue weighted by Gasteiger charge is -2.18. The summed E-state index contributed by atoms with van der Waals surface area (Å²) in [6, 6.07) is 14.1. The van der Waals surface area contributed by atoms with Gasteiger partial charge in [-0.3, -0.25) is 4.98 Å². The fourth-order valence-electron chi connectivity index (χ4n) is 2.27. The maximum Gasteiger partial charge on any atom is 0.147 e. The van der Waals surface area contributed by atoms with Crippen molar-refractivity contribution in [3.63, 3.8) is 0 Å². The number of pyridine rings is 1. The highest BCUT2D eigenvalue weighted by Gasteiger charge is 2.17. The Morgan fingerprint density at radius 2 is 1.95 bits per heavy atom. The van der Waals surface area contributed by atoms with Crippen LogP contribution in [0.1, 0.15) is 5.56 Å². The van der Waals surface area contributed by atoms with Crippen LogP contribution in [0.3, 0.4) is 0 Å². The van der Waals surface area contributed by atoms with E-state index >= 15 is 0 Å². The van der Waals surface area contributed by atoms with Crippen LogP contribution in [0, 0.1) is 0 Å². The maximum absolute atomic E-state index is 6.06. The molecule has 3 rings (SSSR count). The summed E-state index contributed by atoms with van der Waals surface area (Å²) >= 11 is 1.43. The molecule has 0 saturated heterocycles. The number of rotatable bonds is 4. The third-order valence-electron chi connectivity index (χ3n) is 3.25. The number of anilines is 2. The second-order valence-corrected chi connectivity index (χ2v) is 5.58. The zero-order valence-electron chi connectivity index (χ0n) is 11.7. The number of nitrogen functional groups attached to an aromatic ring is 1. The van der Waals surface area contributed by atoms with Gasteiger partial charge in [-0.25, -0.2) is 0 Å². The van der Waals surface area contributed by atoms with E-state index in [1.165, 1.54) is 11.5 Å². The number of hydrogen-bond acceptors (Lipinski definition) is 5. The van der Waals surface area contributed by atoms with Crippen LogP contribution >= 0.6 is 11.5 Å². The van der Waals surface area contributed by atoms with Gasteiger partial charge in [-0.1, -0.05) is 36.4 Å². The van der Waals surface area contributed by atoms with Crippen molar-refractivity contribution in [2.24, 2.45) is 0 Å². The molecular formula is C16H16N4S. The molecule has 0 aliphatic carbocycles. The average molecular weight is 296 g/mol. The summed E-state index contributed by atoms with van der Waals surface area (Å²) < 4.78 is 4.32. The molecule has 2 aromatic heterocycles. The van der Waals surface area contributed by atoms with Crippen LogP contribution in [-0.2, 0) is 6.54 Å². The van der Waals surface area contributed by atoms with Crippen LogP contribution in [0.5, 0.6) is 0 Å². The molecule has 0 aliphatic rings. The molecule has 0 aliphatic heterocycles. The van der Waals surface area contributed by atoms with Gasteiger partial charge >= 0.3 is 0 Å². The second kappa shape index (κ2) is 5.93. The molecule has 0 atom stereocenters. The first-order valence-electron chi connectivity index (χ1n) is 6.66. The van der Waals surface area contributed by atoms with Gasteiger partial charge in [-0.05, 0) is 28.7 Å². The first-order chi connectivity index (χ1) is 10.3. The zero-order chi connectivity index (χ0) is 14.7. The van der Waals surface area contributed by atoms with Gasteiger partial charge in [-0.2, -0.15) is 4.37 Å². The number of aromatic nitrogens is 2. The molecule has 1 aromatic carbocycles. The van der Waals surface area contributed by atoms with E-state index in [1.807, 2.05) is 37.5 Å². The SMILES string of the molecule is CN(Cc1cccnc1)c1snc(N)c1-c1ccccc1. The minimum absolute atomic E-state index is 0.583. The van der Waals surface area contributed by atoms with Crippen LogP contribution in [0.4, 0.5) is 10.8 Å². The van der Waals surface area contributed by atoms with Crippen LogP contribution in [0.2, 0.25) is 0 Å². The fraction of sp³-hybridized carbons (Fsp3) is 0.125. The molecule has 0 unspecified atom stereocenters. The minimum Gasteiger partial charge on any atom is -0.382 e. The van der Waals surface area contributed by atoms with Gasteiger partial charge in [0.25, 0.3) is 0 Å². The first-order valence-corrected chi connectivity index (χ1v) is 7.43. The van der Waals surface area contributed by atoms with Gasteiger partial charge in [0, 0.05) is 26.0 Å². The number of hydrogen-bond donors (Lipinski definition) is 1. The highest BCUT2D eigenvalue weighted by molar-refractivity contribution is 7.11. The summed E-state index contributed by atoms with van der Waals surface area (Å²) in [6.45, 7) is 0.773. The highest BCUT2D eigenvalue weighted by atomic mass is 32.1. The molecule has 0 bridgehead atoms. The number of nitrogens with two attached hydrogens (primary N) is 1. The lowest BCUT2D eigenvalue weighted by atomic mass is 10.1. The molecule has 2 N–H and O–H groups in total. The molecule has 21 heavy (non-hydrogen) atoms. The standard InChI is InChI=1S/C16H16N4S/c1-20(11-12-6-5-9-18-10-12)16-14(15(17)19-21-16)13-7-3-2-4-8-13/h2-10H,11H2,1H3,(H2,17,19). The van der Waals surface area contributed by atoms with Crippen molar-refractivity contribution in [2.45, 2.75) is 6.54 Å². The van der Waals surface area contributed by atoms with E-state index in [-0.39, 0.29) is 0 Å². The molecule has 4 nitrogen and oxygen atoms in total. The van der Waals surface area contributed by atoms with E-state index in [9.17, 15) is 0 Å². The van der Waals surface area contributed by atoms with E-state index in [1.54, 1.807) is 6.20 Å². The molecule has 0 amide bonds. The van der Waals surface area contributed by atoms with E-state index < -0.39 is 0 Å². The molecule has 2 heterocycles. The van der Waals surface area contributed by atoms with Gasteiger partial charge < -0.3 is 10.6 Å². The Kier molecular flexibility index (Phi) is 3.83. The number of benzene rings is 1. The average Bonchev–Trinajstić information content (AvgIpc) is 2.91. The van der Waals surface area contributed by atoms with Gasteiger partial charge in [0.05, 0.1) is 5.56 Å². The molecule has 0 spiro atoms. The van der Waals surface area contributed by atoms with Crippen molar-refractivity contribution in [3.8, 4) is 11.1 Å². The predicted molar refractivity (Wildman–Crippen MR) is 88.3 cm³/mol. The van der Waals surface area contributed by atoms with Crippen LogP contribution in [0.15, 0.2) is 54.9 Å². The monoisotopic (exact) mass is 296 g/mol.